The second-order valence-electron chi connectivity index (χ2n) is 5.47. The van der Waals surface area contributed by atoms with Gasteiger partial charge in [0.15, 0.2) is 0 Å². The van der Waals surface area contributed by atoms with Crippen LogP contribution in [0.2, 0.25) is 0 Å². The van der Waals surface area contributed by atoms with Gasteiger partial charge < -0.3 is 10.2 Å². The number of hydrogen-bond acceptors (Lipinski definition) is 2. The van der Waals surface area contributed by atoms with Gasteiger partial charge in [0.1, 0.15) is 0 Å². The molecular weight excluding hydrogens is 212 g/mol. The highest BCUT2D eigenvalue weighted by Gasteiger charge is 2.31. The molecule has 0 aromatic heterocycles. The van der Waals surface area contributed by atoms with E-state index in [-0.39, 0.29) is 0 Å². The summed E-state index contributed by atoms with van der Waals surface area (Å²) >= 11 is 0. The van der Waals surface area contributed by atoms with Gasteiger partial charge >= 0.3 is 0 Å². The molecule has 0 aromatic rings. The number of carbonyl (C=O) groups is 1. The summed E-state index contributed by atoms with van der Waals surface area (Å²) in [4.78, 5) is 13.8. The van der Waals surface area contributed by atoms with Crippen LogP contribution in [0.5, 0.6) is 0 Å². The van der Waals surface area contributed by atoms with E-state index in [0.29, 0.717) is 5.91 Å². The van der Waals surface area contributed by atoms with E-state index in [1.54, 1.807) is 0 Å². The molecule has 1 amide bonds. The lowest BCUT2D eigenvalue weighted by molar-refractivity contribution is -0.138. The molecule has 0 aromatic carbocycles. The third-order valence-corrected chi connectivity index (χ3v) is 3.70. The molecule has 3 heteroatoms. The maximum absolute atomic E-state index is 11.8. The van der Waals surface area contributed by atoms with Crippen molar-refractivity contribution in [1.29, 1.82) is 0 Å². The number of likely N-dealkylation sites (tertiary alicyclic amines) is 1. The van der Waals surface area contributed by atoms with E-state index in [2.05, 4.69) is 26.1 Å². The lowest BCUT2D eigenvalue weighted by atomic mass is 9.88. The SMILES string of the molecule is CCNCCCCCC(=O)N1CC(C(C)C)C1. The van der Waals surface area contributed by atoms with E-state index in [4.69, 9.17) is 0 Å². The van der Waals surface area contributed by atoms with Crippen molar-refractivity contribution in [3.8, 4) is 0 Å². The highest BCUT2D eigenvalue weighted by molar-refractivity contribution is 5.76. The van der Waals surface area contributed by atoms with E-state index in [1.807, 2.05) is 4.90 Å². The van der Waals surface area contributed by atoms with Crippen LogP contribution < -0.4 is 5.32 Å². The van der Waals surface area contributed by atoms with Crippen molar-refractivity contribution < 1.29 is 4.79 Å². The molecule has 1 rings (SSSR count). The van der Waals surface area contributed by atoms with Crippen LogP contribution in [0.15, 0.2) is 0 Å². The van der Waals surface area contributed by atoms with Crippen LogP contribution in [0.4, 0.5) is 0 Å². The van der Waals surface area contributed by atoms with Crippen LogP contribution in [-0.2, 0) is 4.79 Å². The number of amides is 1. The minimum absolute atomic E-state index is 0.366. The first-order valence-electron chi connectivity index (χ1n) is 7.13. The van der Waals surface area contributed by atoms with E-state index < -0.39 is 0 Å². The molecule has 1 saturated heterocycles. The monoisotopic (exact) mass is 240 g/mol. The Morgan fingerprint density at radius 3 is 2.59 bits per heavy atom. The van der Waals surface area contributed by atoms with Gasteiger partial charge in [-0.15, -0.1) is 0 Å². The molecule has 1 fully saturated rings. The highest BCUT2D eigenvalue weighted by atomic mass is 16.2. The zero-order valence-corrected chi connectivity index (χ0v) is 11.7. The molecule has 3 nitrogen and oxygen atoms in total. The topological polar surface area (TPSA) is 32.3 Å². The number of carbonyl (C=O) groups excluding carboxylic acids is 1. The Morgan fingerprint density at radius 2 is 2.00 bits per heavy atom. The number of hydrogen-bond donors (Lipinski definition) is 1. The number of nitrogens with one attached hydrogen (secondary N) is 1. The molecule has 1 N–H and O–H groups in total. The van der Waals surface area contributed by atoms with Crippen LogP contribution in [0.1, 0.15) is 46.5 Å². The molecule has 0 saturated carbocycles. The molecule has 1 aliphatic heterocycles. The van der Waals surface area contributed by atoms with Crippen molar-refractivity contribution in [3.05, 3.63) is 0 Å². The average molecular weight is 240 g/mol. The van der Waals surface area contributed by atoms with Gasteiger partial charge in [-0.05, 0) is 37.8 Å². The van der Waals surface area contributed by atoms with Gasteiger partial charge in [-0.25, -0.2) is 0 Å². The largest absolute Gasteiger partial charge is 0.342 e. The maximum Gasteiger partial charge on any atom is 0.222 e. The molecule has 0 bridgehead atoms. The predicted octanol–water partition coefficient (Wildman–Crippen LogP) is 2.27. The van der Waals surface area contributed by atoms with Gasteiger partial charge in [-0.2, -0.15) is 0 Å². The molecule has 0 atom stereocenters. The fourth-order valence-corrected chi connectivity index (χ4v) is 2.18. The molecule has 0 radical (unpaired) electrons. The quantitative estimate of drug-likeness (QED) is 0.660. The second kappa shape index (κ2) is 7.70. The van der Waals surface area contributed by atoms with Gasteiger partial charge in [-0.3, -0.25) is 4.79 Å². The smallest absolute Gasteiger partial charge is 0.222 e. The fraction of sp³-hybridized carbons (Fsp3) is 0.929. The summed E-state index contributed by atoms with van der Waals surface area (Å²) in [6.45, 7) is 10.7. The average Bonchev–Trinajstić information content (AvgIpc) is 2.20. The first kappa shape index (κ1) is 14.5. The third kappa shape index (κ3) is 5.07. The first-order chi connectivity index (χ1) is 8.15. The lowest BCUT2D eigenvalue weighted by Gasteiger charge is -2.41. The summed E-state index contributed by atoms with van der Waals surface area (Å²) in [7, 11) is 0. The van der Waals surface area contributed by atoms with Crippen LogP contribution in [0, 0.1) is 11.8 Å². The van der Waals surface area contributed by atoms with Crippen LogP contribution in [0.25, 0.3) is 0 Å². The second-order valence-corrected chi connectivity index (χ2v) is 5.47. The predicted molar refractivity (Wildman–Crippen MR) is 71.9 cm³/mol. The summed E-state index contributed by atoms with van der Waals surface area (Å²) in [6, 6.07) is 0. The zero-order chi connectivity index (χ0) is 12.7. The summed E-state index contributed by atoms with van der Waals surface area (Å²) in [5.74, 6) is 1.83. The van der Waals surface area contributed by atoms with Crippen LogP contribution >= 0.6 is 0 Å². The maximum atomic E-state index is 11.8. The van der Waals surface area contributed by atoms with Gasteiger partial charge in [0.25, 0.3) is 0 Å². The van der Waals surface area contributed by atoms with E-state index >= 15 is 0 Å². The third-order valence-electron chi connectivity index (χ3n) is 3.70. The fourth-order valence-electron chi connectivity index (χ4n) is 2.18. The normalized spacial score (nSPS) is 16.4. The Morgan fingerprint density at radius 1 is 1.29 bits per heavy atom. The summed E-state index contributed by atoms with van der Waals surface area (Å²) < 4.78 is 0. The number of rotatable bonds is 8. The summed E-state index contributed by atoms with van der Waals surface area (Å²) in [6.07, 6.45) is 4.15. The molecule has 0 aliphatic carbocycles. The number of nitrogens with zero attached hydrogens (tertiary/aromatic N) is 1. The Bertz CT molecular complexity index is 222. The molecule has 17 heavy (non-hydrogen) atoms. The van der Waals surface area contributed by atoms with Crippen LogP contribution in [-0.4, -0.2) is 37.0 Å². The minimum atomic E-state index is 0.366. The van der Waals surface area contributed by atoms with Crippen molar-refractivity contribution in [2.45, 2.75) is 46.5 Å². The summed E-state index contributed by atoms with van der Waals surface area (Å²) in [5.41, 5.74) is 0. The van der Waals surface area contributed by atoms with Crippen LogP contribution in [0.3, 0.4) is 0 Å². The van der Waals surface area contributed by atoms with E-state index in [9.17, 15) is 4.79 Å². The van der Waals surface area contributed by atoms with Gasteiger partial charge in [0.05, 0.1) is 0 Å². The van der Waals surface area contributed by atoms with Crippen molar-refractivity contribution in [2.75, 3.05) is 26.2 Å². The summed E-state index contributed by atoms with van der Waals surface area (Å²) in [5, 5.41) is 3.30. The molecule has 0 spiro atoms. The Kier molecular flexibility index (Phi) is 6.56. The molecular formula is C14H28N2O. The van der Waals surface area contributed by atoms with Crippen molar-refractivity contribution >= 4 is 5.91 Å². The Hall–Kier alpha value is -0.570. The standard InChI is InChI=1S/C14H28N2O/c1-4-15-9-7-5-6-8-14(17)16-10-13(11-16)12(2)3/h12-13,15H,4-11H2,1-3H3. The minimum Gasteiger partial charge on any atom is -0.342 e. The molecule has 0 unspecified atom stereocenters. The molecule has 100 valence electrons. The molecule has 1 heterocycles. The van der Waals surface area contributed by atoms with E-state index in [0.717, 1.165) is 50.9 Å². The molecule has 1 aliphatic rings. The number of unbranched alkanes of at least 4 members (excludes halogenated alkanes) is 2. The van der Waals surface area contributed by atoms with Crippen molar-refractivity contribution in [2.24, 2.45) is 11.8 Å². The van der Waals surface area contributed by atoms with Crippen molar-refractivity contribution in [1.82, 2.24) is 10.2 Å². The van der Waals surface area contributed by atoms with Gasteiger partial charge in [0.2, 0.25) is 5.91 Å². The first-order valence-corrected chi connectivity index (χ1v) is 7.13. The Labute approximate surface area is 106 Å². The zero-order valence-electron chi connectivity index (χ0n) is 11.7. The van der Waals surface area contributed by atoms with Crippen molar-refractivity contribution in [3.63, 3.8) is 0 Å². The Balaban J connectivity index is 1.96. The highest BCUT2D eigenvalue weighted by Crippen LogP contribution is 2.24. The lowest BCUT2D eigenvalue weighted by Crippen LogP contribution is -2.51. The van der Waals surface area contributed by atoms with Gasteiger partial charge in [-0.1, -0.05) is 27.2 Å². The van der Waals surface area contributed by atoms with E-state index in [1.165, 1.54) is 12.8 Å². The van der Waals surface area contributed by atoms with Gasteiger partial charge in [0, 0.05) is 19.5 Å².